The Bertz CT molecular complexity index is 557. The van der Waals surface area contributed by atoms with Gasteiger partial charge in [0.1, 0.15) is 0 Å². The molecule has 82 valence electrons. The molecule has 3 nitrogen and oxygen atoms in total. The molecule has 0 spiro atoms. The Morgan fingerprint density at radius 1 is 1.29 bits per heavy atom. The van der Waals surface area contributed by atoms with Crippen molar-refractivity contribution in [1.82, 2.24) is 4.98 Å². The summed E-state index contributed by atoms with van der Waals surface area (Å²) in [5.41, 5.74) is 2.14. The van der Waals surface area contributed by atoms with Gasteiger partial charge in [0.15, 0.2) is 0 Å². The van der Waals surface area contributed by atoms with Crippen LogP contribution in [0.3, 0.4) is 0 Å². The van der Waals surface area contributed by atoms with Crippen molar-refractivity contribution in [2.45, 2.75) is 0 Å². The van der Waals surface area contributed by atoms with E-state index in [1.807, 2.05) is 12.1 Å². The van der Waals surface area contributed by atoms with Gasteiger partial charge in [0, 0.05) is 0 Å². The average Bonchev–Trinajstić information content (AvgIpc) is 2.38. The molecule has 2 aromatic rings. The summed E-state index contributed by atoms with van der Waals surface area (Å²) in [7, 11) is 0. The molecule has 0 amide bonds. The van der Waals surface area contributed by atoms with Crippen molar-refractivity contribution in [3.8, 4) is 0 Å². The fourth-order valence-corrected chi connectivity index (χ4v) is 2.41. The Kier molecular flexibility index (Phi) is 3.83. The van der Waals surface area contributed by atoms with Gasteiger partial charge in [-0.3, -0.25) is 0 Å². The summed E-state index contributed by atoms with van der Waals surface area (Å²) in [6, 6.07) is 9.69. The van der Waals surface area contributed by atoms with Crippen molar-refractivity contribution < 1.29 is 4.39 Å². The zero-order chi connectivity index (χ0) is 12.3. The van der Waals surface area contributed by atoms with Crippen LogP contribution in [0, 0.1) is 11.2 Å². The Labute approximate surface area is 115 Å². The molecule has 0 fully saturated rings. The summed E-state index contributed by atoms with van der Waals surface area (Å²) in [5.74, 6) is -0.342. The van der Waals surface area contributed by atoms with Gasteiger partial charge in [-0.2, -0.15) is 0 Å². The van der Waals surface area contributed by atoms with E-state index in [-0.39, 0.29) is 11.5 Å². The van der Waals surface area contributed by atoms with E-state index in [2.05, 4.69) is 8.11 Å². The summed E-state index contributed by atoms with van der Waals surface area (Å²) >= 11 is 0.572. The van der Waals surface area contributed by atoms with E-state index < -0.39 is 0 Å². The van der Waals surface area contributed by atoms with Crippen molar-refractivity contribution in [3.05, 3.63) is 59.7 Å². The summed E-state index contributed by atoms with van der Waals surface area (Å²) < 4.78 is 16.2. The zero-order valence-electron chi connectivity index (χ0n) is 8.94. The van der Waals surface area contributed by atoms with Crippen LogP contribution in [0.1, 0.15) is 11.3 Å². The standard InChI is InChI=1S/C12H9FN3.Tl/c13-9-4-1-3-8(7-9)11(15)12-10(14)5-2-6-16-12;/h1-7,14-15H;/q-1;+1. The van der Waals surface area contributed by atoms with E-state index in [0.717, 1.165) is 5.69 Å². The van der Waals surface area contributed by atoms with Crippen LogP contribution in [-0.2, 0) is 0 Å². The third kappa shape index (κ3) is 2.68. The van der Waals surface area contributed by atoms with E-state index in [1.165, 1.54) is 12.1 Å². The first kappa shape index (κ1) is 12.2. The quantitative estimate of drug-likeness (QED) is 0.593. The van der Waals surface area contributed by atoms with Gasteiger partial charge in [0.05, 0.1) is 0 Å². The number of hydrogen-bond acceptors (Lipinski definition) is 3. The van der Waals surface area contributed by atoms with Gasteiger partial charge in [0.2, 0.25) is 0 Å². The van der Waals surface area contributed by atoms with Crippen molar-refractivity contribution in [3.63, 3.8) is 0 Å². The minimum absolute atomic E-state index is 0.230. The van der Waals surface area contributed by atoms with Crippen LogP contribution in [0.15, 0.2) is 42.6 Å². The van der Waals surface area contributed by atoms with Gasteiger partial charge in [-0.25, -0.2) is 0 Å². The number of benzene rings is 1. The molecule has 2 N–H and O–H groups in total. The fourth-order valence-electron chi connectivity index (χ4n) is 1.50. The van der Waals surface area contributed by atoms with Crippen LogP contribution in [0.4, 0.5) is 10.1 Å². The zero-order valence-corrected chi connectivity index (χ0v) is 13.4. The van der Waals surface area contributed by atoms with E-state index in [9.17, 15) is 4.39 Å². The number of pyridine rings is 1. The number of aromatic nitrogens is 1. The first-order valence-electron chi connectivity index (χ1n) is 4.99. The Morgan fingerprint density at radius 2 is 2.12 bits per heavy atom. The van der Waals surface area contributed by atoms with E-state index in [4.69, 9.17) is 5.41 Å². The predicted octanol–water partition coefficient (Wildman–Crippen LogP) is 2.13. The van der Waals surface area contributed by atoms with Crippen molar-refractivity contribution in [2.75, 3.05) is 3.13 Å². The molecule has 0 aliphatic carbocycles. The van der Waals surface area contributed by atoms with E-state index >= 15 is 0 Å². The number of anilines is 1. The number of nitrogens with one attached hydrogen (secondary N) is 2. The second-order valence-corrected chi connectivity index (χ2v) is 4.55. The molecule has 1 aromatic carbocycles. The van der Waals surface area contributed by atoms with E-state index in [0.29, 0.717) is 37.3 Å². The summed E-state index contributed by atoms with van der Waals surface area (Å²) in [5, 5.41) is 8.06. The minimum atomic E-state index is -0.342. The molecule has 0 atom stereocenters. The van der Waals surface area contributed by atoms with Gasteiger partial charge in [-0.1, -0.05) is 0 Å². The maximum atomic E-state index is 13.1. The molecule has 0 bridgehead atoms. The van der Waals surface area contributed by atoms with Crippen molar-refractivity contribution in [1.29, 1.82) is 5.41 Å². The van der Waals surface area contributed by atoms with Crippen LogP contribution in [0.5, 0.6) is 0 Å². The molecule has 2 rings (SSSR count). The van der Waals surface area contributed by atoms with Crippen molar-refractivity contribution >= 4 is 37.5 Å². The normalized spacial score (nSPS) is 9.88. The first-order chi connectivity index (χ1) is 8.22. The molecule has 0 radical (unpaired) electrons. The molecule has 1 heterocycles. The first-order valence-corrected chi connectivity index (χ1v) is 7.23. The molecule has 1 aromatic heterocycles. The van der Waals surface area contributed by atoms with Crippen LogP contribution in [0.2, 0.25) is 0 Å². The van der Waals surface area contributed by atoms with Gasteiger partial charge >= 0.3 is 115 Å². The fraction of sp³-hybridized carbons (Fsp3) is 0. The number of nitrogens with zero attached hydrogens (tertiary/aromatic N) is 1. The van der Waals surface area contributed by atoms with Gasteiger partial charge in [-0.15, -0.1) is 0 Å². The topological polar surface area (TPSA) is 48.8 Å². The number of halogens is 1. The monoisotopic (exact) mass is 419 g/mol. The van der Waals surface area contributed by atoms with Crippen LogP contribution < -0.4 is 3.13 Å². The summed E-state index contributed by atoms with van der Waals surface area (Å²) in [4.78, 5) is 4.17. The molecule has 0 unspecified atom stereocenters. The van der Waals surface area contributed by atoms with Gasteiger partial charge < -0.3 is 0 Å². The Balaban J connectivity index is 2.44. The Morgan fingerprint density at radius 3 is 2.82 bits per heavy atom. The third-order valence-electron chi connectivity index (χ3n) is 2.31. The molecule has 5 heteroatoms. The second kappa shape index (κ2) is 5.35. The SMILES string of the molecule is N=C(c1cccc(F)c1)c1ncccc1[NH][Tl]. The van der Waals surface area contributed by atoms with Crippen LogP contribution in [0.25, 0.3) is 0 Å². The molecular formula is C12H9FN3Tl. The third-order valence-corrected chi connectivity index (χ3v) is 3.52. The molecule has 0 saturated heterocycles. The number of rotatable bonds is 3. The maximum absolute atomic E-state index is 13.1. The molecule has 17 heavy (non-hydrogen) atoms. The molecule has 0 saturated carbocycles. The average molecular weight is 419 g/mol. The number of hydrogen-bond donors (Lipinski definition) is 2. The summed E-state index contributed by atoms with van der Waals surface area (Å²) in [6.07, 6.45) is 1.63. The predicted molar refractivity (Wildman–Crippen MR) is 65.9 cm³/mol. The summed E-state index contributed by atoms with van der Waals surface area (Å²) in [6.45, 7) is 0. The molecule has 0 aliphatic heterocycles. The Hall–Kier alpha value is -1.31. The van der Waals surface area contributed by atoms with Gasteiger partial charge in [0.25, 0.3) is 0 Å². The molecule has 0 aliphatic rings. The van der Waals surface area contributed by atoms with Crippen LogP contribution in [-0.4, -0.2) is 36.8 Å². The van der Waals surface area contributed by atoms with Crippen molar-refractivity contribution in [2.24, 2.45) is 0 Å². The van der Waals surface area contributed by atoms with Gasteiger partial charge in [-0.05, 0) is 0 Å². The second-order valence-electron chi connectivity index (χ2n) is 3.43. The molecular weight excluding hydrogens is 410 g/mol. The van der Waals surface area contributed by atoms with E-state index in [1.54, 1.807) is 18.3 Å². The van der Waals surface area contributed by atoms with Crippen LogP contribution >= 0.6 is 0 Å².